The second kappa shape index (κ2) is 5.95. The number of amides is 1. The van der Waals surface area contributed by atoms with E-state index in [0.717, 1.165) is 23.7 Å². The van der Waals surface area contributed by atoms with E-state index in [1.807, 2.05) is 0 Å². The maximum atomic E-state index is 11.4. The quantitative estimate of drug-likeness (QED) is 0.785. The van der Waals surface area contributed by atoms with E-state index in [2.05, 4.69) is 36.5 Å². The largest absolute Gasteiger partial charge is 0.354 e. The minimum atomic E-state index is 0.144. The Morgan fingerprint density at radius 3 is 2.76 bits per heavy atom. The number of nitrogens with zero attached hydrogens (tertiary/aromatic N) is 2. The lowest BCUT2D eigenvalue weighted by Crippen LogP contribution is -2.25. The molecule has 0 aliphatic heterocycles. The third-order valence-electron chi connectivity index (χ3n) is 2.43. The van der Waals surface area contributed by atoms with Crippen molar-refractivity contribution in [2.45, 2.75) is 31.7 Å². The van der Waals surface area contributed by atoms with Crippen molar-refractivity contribution in [2.24, 2.45) is 0 Å². The van der Waals surface area contributed by atoms with E-state index in [-0.39, 0.29) is 5.91 Å². The zero-order chi connectivity index (χ0) is 12.1. The zero-order valence-corrected chi connectivity index (χ0v) is 11.0. The number of rotatable bonds is 6. The molecule has 1 aromatic heterocycles. The molecule has 0 bridgehead atoms. The SMILES string of the molecule is O=C(CCCNc1ncc(Br)cn1)NC1CC1. The van der Waals surface area contributed by atoms with Gasteiger partial charge in [-0.05, 0) is 35.2 Å². The number of halogens is 1. The van der Waals surface area contributed by atoms with Crippen LogP contribution in [0.15, 0.2) is 16.9 Å². The van der Waals surface area contributed by atoms with E-state index in [9.17, 15) is 4.79 Å². The summed E-state index contributed by atoms with van der Waals surface area (Å²) in [6, 6.07) is 0.449. The number of hydrogen-bond donors (Lipinski definition) is 2. The molecule has 0 saturated heterocycles. The van der Waals surface area contributed by atoms with Gasteiger partial charge in [-0.1, -0.05) is 0 Å². The van der Waals surface area contributed by atoms with Gasteiger partial charge in [0.05, 0.1) is 4.47 Å². The molecule has 2 N–H and O–H groups in total. The Balaban J connectivity index is 1.59. The first-order valence-corrected chi connectivity index (χ1v) is 6.54. The van der Waals surface area contributed by atoms with Crippen LogP contribution < -0.4 is 10.6 Å². The Kier molecular flexibility index (Phi) is 4.30. The second-order valence-electron chi connectivity index (χ2n) is 4.10. The Morgan fingerprint density at radius 1 is 1.41 bits per heavy atom. The van der Waals surface area contributed by atoms with E-state index in [0.29, 0.717) is 25.0 Å². The van der Waals surface area contributed by atoms with Crippen LogP contribution in [0.3, 0.4) is 0 Å². The van der Waals surface area contributed by atoms with Crippen LogP contribution in [-0.2, 0) is 4.79 Å². The van der Waals surface area contributed by atoms with Crippen LogP contribution in [0, 0.1) is 0 Å². The fourth-order valence-electron chi connectivity index (χ4n) is 1.38. The van der Waals surface area contributed by atoms with Crippen LogP contribution in [0.1, 0.15) is 25.7 Å². The van der Waals surface area contributed by atoms with Gasteiger partial charge in [-0.2, -0.15) is 0 Å². The summed E-state index contributed by atoms with van der Waals surface area (Å²) in [6.45, 7) is 0.708. The lowest BCUT2D eigenvalue weighted by atomic mass is 10.3. The molecule has 0 aromatic carbocycles. The standard InChI is InChI=1S/C11H15BrN4O/c12-8-6-14-11(15-7-8)13-5-1-2-10(17)16-9-3-4-9/h6-7,9H,1-5H2,(H,16,17)(H,13,14,15). The van der Waals surface area contributed by atoms with Crippen molar-refractivity contribution < 1.29 is 4.79 Å². The minimum Gasteiger partial charge on any atom is -0.354 e. The predicted octanol–water partition coefficient (Wildman–Crippen LogP) is 1.71. The van der Waals surface area contributed by atoms with Gasteiger partial charge in [0.15, 0.2) is 0 Å². The lowest BCUT2D eigenvalue weighted by Gasteiger charge is -2.05. The van der Waals surface area contributed by atoms with E-state index in [1.165, 1.54) is 0 Å². The Labute approximate surface area is 109 Å². The molecule has 1 fully saturated rings. The molecule has 92 valence electrons. The van der Waals surface area contributed by atoms with Crippen molar-refractivity contribution in [1.82, 2.24) is 15.3 Å². The summed E-state index contributed by atoms with van der Waals surface area (Å²) in [5.74, 6) is 0.738. The molecule has 1 amide bonds. The van der Waals surface area contributed by atoms with E-state index >= 15 is 0 Å². The molecule has 6 heteroatoms. The van der Waals surface area contributed by atoms with Gasteiger partial charge in [-0.15, -0.1) is 0 Å². The molecular weight excluding hydrogens is 284 g/mol. The van der Waals surface area contributed by atoms with Gasteiger partial charge >= 0.3 is 0 Å². The normalized spacial score (nSPS) is 14.4. The highest BCUT2D eigenvalue weighted by Crippen LogP contribution is 2.18. The van der Waals surface area contributed by atoms with Crippen LogP contribution in [0.25, 0.3) is 0 Å². The second-order valence-corrected chi connectivity index (χ2v) is 5.01. The van der Waals surface area contributed by atoms with Gasteiger partial charge < -0.3 is 10.6 Å². The summed E-state index contributed by atoms with van der Waals surface area (Å²) in [7, 11) is 0. The summed E-state index contributed by atoms with van der Waals surface area (Å²) < 4.78 is 0.854. The third-order valence-corrected chi connectivity index (χ3v) is 2.84. The number of aromatic nitrogens is 2. The average Bonchev–Trinajstić information content (AvgIpc) is 3.11. The molecule has 1 aliphatic rings. The fourth-order valence-corrected chi connectivity index (χ4v) is 1.58. The molecule has 1 saturated carbocycles. The van der Waals surface area contributed by atoms with Crippen LogP contribution in [0.4, 0.5) is 5.95 Å². The van der Waals surface area contributed by atoms with Crippen LogP contribution in [-0.4, -0.2) is 28.5 Å². The number of carbonyl (C=O) groups is 1. The van der Waals surface area contributed by atoms with Gasteiger partial charge in [-0.3, -0.25) is 4.79 Å². The van der Waals surface area contributed by atoms with E-state index in [4.69, 9.17) is 0 Å². The first-order valence-electron chi connectivity index (χ1n) is 5.75. The molecule has 0 atom stereocenters. The van der Waals surface area contributed by atoms with Gasteiger partial charge in [0, 0.05) is 31.4 Å². The number of carbonyl (C=O) groups excluding carboxylic acids is 1. The summed E-state index contributed by atoms with van der Waals surface area (Å²) in [4.78, 5) is 19.5. The number of nitrogens with one attached hydrogen (secondary N) is 2. The van der Waals surface area contributed by atoms with Crippen LogP contribution in [0.2, 0.25) is 0 Å². The van der Waals surface area contributed by atoms with Crippen molar-refractivity contribution in [3.63, 3.8) is 0 Å². The zero-order valence-electron chi connectivity index (χ0n) is 9.45. The first-order chi connectivity index (χ1) is 8.24. The van der Waals surface area contributed by atoms with Gasteiger partial charge in [0.1, 0.15) is 0 Å². The third kappa shape index (κ3) is 4.68. The van der Waals surface area contributed by atoms with Crippen molar-refractivity contribution in [2.75, 3.05) is 11.9 Å². The number of hydrogen-bond acceptors (Lipinski definition) is 4. The average molecular weight is 299 g/mol. The van der Waals surface area contributed by atoms with Gasteiger partial charge in [-0.25, -0.2) is 9.97 Å². The molecule has 0 spiro atoms. The highest BCUT2D eigenvalue weighted by atomic mass is 79.9. The first kappa shape index (κ1) is 12.3. The van der Waals surface area contributed by atoms with Crippen LogP contribution >= 0.6 is 15.9 Å². The van der Waals surface area contributed by atoms with E-state index in [1.54, 1.807) is 12.4 Å². The maximum Gasteiger partial charge on any atom is 0.222 e. The van der Waals surface area contributed by atoms with Crippen molar-refractivity contribution in [1.29, 1.82) is 0 Å². The molecular formula is C11H15BrN4O. The lowest BCUT2D eigenvalue weighted by molar-refractivity contribution is -0.121. The Morgan fingerprint density at radius 2 is 2.12 bits per heavy atom. The fraction of sp³-hybridized carbons (Fsp3) is 0.545. The molecule has 2 rings (SSSR count). The minimum absolute atomic E-state index is 0.144. The molecule has 5 nitrogen and oxygen atoms in total. The Hall–Kier alpha value is -1.17. The molecule has 1 aromatic rings. The summed E-state index contributed by atoms with van der Waals surface area (Å²) in [6.07, 6.45) is 7.00. The molecule has 1 aliphatic carbocycles. The summed E-state index contributed by atoms with van der Waals surface area (Å²) >= 11 is 3.27. The summed E-state index contributed by atoms with van der Waals surface area (Å²) in [5, 5.41) is 6.03. The van der Waals surface area contributed by atoms with Crippen LogP contribution in [0.5, 0.6) is 0 Å². The van der Waals surface area contributed by atoms with E-state index < -0.39 is 0 Å². The highest BCUT2D eigenvalue weighted by Gasteiger charge is 2.22. The van der Waals surface area contributed by atoms with Gasteiger partial charge in [0.2, 0.25) is 11.9 Å². The summed E-state index contributed by atoms with van der Waals surface area (Å²) in [5.41, 5.74) is 0. The van der Waals surface area contributed by atoms with Crippen molar-refractivity contribution >= 4 is 27.8 Å². The maximum absolute atomic E-state index is 11.4. The highest BCUT2D eigenvalue weighted by molar-refractivity contribution is 9.10. The molecule has 0 radical (unpaired) electrons. The monoisotopic (exact) mass is 298 g/mol. The molecule has 0 unspecified atom stereocenters. The molecule has 1 heterocycles. The van der Waals surface area contributed by atoms with Crippen molar-refractivity contribution in [3.8, 4) is 0 Å². The van der Waals surface area contributed by atoms with Gasteiger partial charge in [0.25, 0.3) is 0 Å². The van der Waals surface area contributed by atoms with Crippen molar-refractivity contribution in [3.05, 3.63) is 16.9 Å². The topological polar surface area (TPSA) is 66.9 Å². The smallest absolute Gasteiger partial charge is 0.222 e. The Bertz CT molecular complexity index is 378. The predicted molar refractivity (Wildman–Crippen MR) is 68.6 cm³/mol. The molecule has 17 heavy (non-hydrogen) atoms. The number of anilines is 1.